The molecule has 102 valence electrons. The fraction of sp³-hybridized carbons (Fsp3) is 0.538. The first-order valence-corrected chi connectivity index (χ1v) is 8.03. The van der Waals surface area contributed by atoms with Gasteiger partial charge in [0.05, 0.1) is 0 Å². The van der Waals surface area contributed by atoms with Crippen molar-refractivity contribution in [2.24, 2.45) is 0 Å². The fourth-order valence-electron chi connectivity index (χ4n) is 2.44. The molecule has 0 radical (unpaired) electrons. The van der Waals surface area contributed by atoms with Gasteiger partial charge in [-0.15, -0.1) is 11.3 Å². The van der Waals surface area contributed by atoms with Crippen molar-refractivity contribution in [2.45, 2.75) is 25.9 Å². The molecular weight excluding hydrogens is 278 g/mol. The summed E-state index contributed by atoms with van der Waals surface area (Å²) >= 11 is 3.32. The molecule has 19 heavy (non-hydrogen) atoms. The van der Waals surface area contributed by atoms with Crippen LogP contribution in [0.3, 0.4) is 0 Å². The Morgan fingerprint density at radius 3 is 3.16 bits per heavy atom. The van der Waals surface area contributed by atoms with Crippen molar-refractivity contribution < 1.29 is 4.74 Å². The summed E-state index contributed by atoms with van der Waals surface area (Å²) in [5, 5.41) is 3.32. The zero-order chi connectivity index (χ0) is 13.2. The number of nitrogens with zero attached hydrogens (tertiary/aromatic N) is 3. The first-order chi connectivity index (χ1) is 9.26. The molecule has 0 N–H and O–H groups in total. The number of rotatable bonds is 4. The van der Waals surface area contributed by atoms with Gasteiger partial charge in [-0.1, -0.05) is 0 Å². The summed E-state index contributed by atoms with van der Waals surface area (Å²) in [7, 11) is 1.67. The Bertz CT molecular complexity index is 552. The van der Waals surface area contributed by atoms with Gasteiger partial charge in [0.25, 0.3) is 0 Å². The van der Waals surface area contributed by atoms with E-state index in [0.29, 0.717) is 12.5 Å². The van der Waals surface area contributed by atoms with E-state index >= 15 is 0 Å². The van der Waals surface area contributed by atoms with Gasteiger partial charge < -0.3 is 9.64 Å². The molecule has 0 spiro atoms. The Morgan fingerprint density at radius 2 is 2.42 bits per heavy atom. The molecule has 1 saturated heterocycles. The van der Waals surface area contributed by atoms with E-state index in [0.717, 1.165) is 24.0 Å². The lowest BCUT2D eigenvalue weighted by Gasteiger charge is -2.13. The van der Waals surface area contributed by atoms with E-state index in [1.54, 1.807) is 7.11 Å². The van der Waals surface area contributed by atoms with E-state index in [1.165, 1.54) is 28.4 Å². The Labute approximate surface area is 121 Å². The maximum absolute atomic E-state index is 5.06. The minimum Gasteiger partial charge on any atom is -0.377 e. The second kappa shape index (κ2) is 5.56. The maximum atomic E-state index is 5.06. The lowest BCUT2D eigenvalue weighted by atomic mass is 10.0. The van der Waals surface area contributed by atoms with Crippen LogP contribution in [0.2, 0.25) is 0 Å². The average molecular weight is 295 g/mol. The minimum atomic E-state index is 0.498. The van der Waals surface area contributed by atoms with Crippen LogP contribution >= 0.6 is 22.9 Å². The molecule has 1 unspecified atom stereocenters. The Balaban J connectivity index is 1.67. The number of ether oxygens (including phenoxy) is 1. The van der Waals surface area contributed by atoms with Gasteiger partial charge in [0.2, 0.25) is 5.13 Å². The summed E-state index contributed by atoms with van der Waals surface area (Å²) in [6, 6.07) is 2.31. The Hall–Kier alpha value is -0.980. The van der Waals surface area contributed by atoms with Crippen molar-refractivity contribution in [1.82, 2.24) is 9.36 Å². The van der Waals surface area contributed by atoms with E-state index < -0.39 is 0 Å². The number of aromatic nitrogens is 2. The lowest BCUT2D eigenvalue weighted by molar-refractivity contribution is 0.179. The van der Waals surface area contributed by atoms with E-state index in [4.69, 9.17) is 4.74 Å². The third-order valence-corrected chi connectivity index (χ3v) is 5.11. The molecular formula is C13H17N3OS2. The quantitative estimate of drug-likeness (QED) is 0.869. The van der Waals surface area contributed by atoms with E-state index in [1.807, 2.05) is 11.3 Å². The highest BCUT2D eigenvalue weighted by Gasteiger charge is 2.26. The molecule has 0 saturated carbocycles. The standard InChI is InChI=1S/C13H17N3OS2/c1-9-5-11(8-18-9)10-3-4-16(6-10)13-14-12(7-17-2)15-19-13/h5,8,10H,3-4,6-7H2,1-2H3. The van der Waals surface area contributed by atoms with Crippen LogP contribution in [0.1, 0.15) is 28.6 Å². The number of methoxy groups -OCH3 is 1. The predicted octanol–water partition coefficient (Wildman–Crippen LogP) is 3.05. The molecule has 0 aliphatic carbocycles. The van der Waals surface area contributed by atoms with Crippen LogP contribution in [-0.2, 0) is 11.3 Å². The molecule has 3 heterocycles. The highest BCUT2D eigenvalue weighted by atomic mass is 32.1. The Morgan fingerprint density at radius 1 is 1.53 bits per heavy atom. The number of hydrogen-bond donors (Lipinski definition) is 0. The van der Waals surface area contributed by atoms with Gasteiger partial charge in [-0.2, -0.15) is 4.37 Å². The van der Waals surface area contributed by atoms with Crippen LogP contribution in [-0.4, -0.2) is 29.6 Å². The summed E-state index contributed by atoms with van der Waals surface area (Å²) in [5.74, 6) is 1.43. The number of anilines is 1. The molecule has 0 aromatic carbocycles. The molecule has 1 fully saturated rings. The number of thiophene rings is 1. The van der Waals surface area contributed by atoms with Crippen molar-refractivity contribution in [3.8, 4) is 0 Å². The van der Waals surface area contributed by atoms with E-state index in [9.17, 15) is 0 Å². The molecule has 3 rings (SSSR count). The van der Waals surface area contributed by atoms with Gasteiger partial charge in [-0.25, -0.2) is 4.98 Å². The molecule has 2 aromatic rings. The zero-order valence-electron chi connectivity index (χ0n) is 11.1. The van der Waals surface area contributed by atoms with Crippen LogP contribution < -0.4 is 4.90 Å². The summed E-state index contributed by atoms with van der Waals surface area (Å²) in [5.41, 5.74) is 1.48. The molecule has 1 aliphatic heterocycles. The number of aryl methyl sites for hydroxylation is 1. The van der Waals surface area contributed by atoms with Crippen molar-refractivity contribution in [3.05, 3.63) is 27.7 Å². The molecule has 4 nitrogen and oxygen atoms in total. The largest absolute Gasteiger partial charge is 0.377 e. The smallest absolute Gasteiger partial charge is 0.205 e. The minimum absolute atomic E-state index is 0.498. The maximum Gasteiger partial charge on any atom is 0.205 e. The SMILES string of the molecule is COCc1nsc(N2CCC(c3csc(C)c3)C2)n1. The first-order valence-electron chi connectivity index (χ1n) is 6.38. The highest BCUT2D eigenvalue weighted by Crippen LogP contribution is 2.33. The van der Waals surface area contributed by atoms with Gasteiger partial charge in [0, 0.05) is 42.5 Å². The van der Waals surface area contributed by atoms with Gasteiger partial charge in [0.1, 0.15) is 6.61 Å². The second-order valence-corrected chi connectivity index (χ2v) is 6.69. The highest BCUT2D eigenvalue weighted by molar-refractivity contribution is 7.10. The number of hydrogen-bond acceptors (Lipinski definition) is 6. The third kappa shape index (κ3) is 2.80. The summed E-state index contributed by atoms with van der Waals surface area (Å²) < 4.78 is 9.38. The third-order valence-electron chi connectivity index (χ3n) is 3.41. The van der Waals surface area contributed by atoms with Crippen LogP contribution in [0.25, 0.3) is 0 Å². The lowest BCUT2D eigenvalue weighted by Crippen LogP contribution is -2.18. The van der Waals surface area contributed by atoms with Gasteiger partial charge in [-0.05, 0) is 30.4 Å². The average Bonchev–Trinajstić information content (AvgIpc) is 3.07. The molecule has 2 aromatic heterocycles. The van der Waals surface area contributed by atoms with Gasteiger partial charge in [-0.3, -0.25) is 0 Å². The Kier molecular flexibility index (Phi) is 3.81. The molecule has 0 amide bonds. The van der Waals surface area contributed by atoms with Crippen molar-refractivity contribution in [2.75, 3.05) is 25.1 Å². The molecule has 1 atom stereocenters. The summed E-state index contributed by atoms with van der Waals surface area (Å²) in [6.07, 6.45) is 1.20. The molecule has 6 heteroatoms. The summed E-state index contributed by atoms with van der Waals surface area (Å²) in [4.78, 5) is 8.26. The first kappa shape index (κ1) is 13.0. The van der Waals surface area contributed by atoms with Crippen molar-refractivity contribution in [1.29, 1.82) is 0 Å². The van der Waals surface area contributed by atoms with E-state index in [-0.39, 0.29) is 0 Å². The normalized spacial score (nSPS) is 19.3. The second-order valence-electron chi connectivity index (χ2n) is 4.85. The van der Waals surface area contributed by atoms with Gasteiger partial charge >= 0.3 is 0 Å². The monoisotopic (exact) mass is 295 g/mol. The van der Waals surface area contributed by atoms with Crippen LogP contribution in [0.5, 0.6) is 0 Å². The zero-order valence-corrected chi connectivity index (χ0v) is 12.8. The van der Waals surface area contributed by atoms with Crippen molar-refractivity contribution in [3.63, 3.8) is 0 Å². The fourth-order valence-corrected chi connectivity index (χ4v) is 3.94. The molecule has 1 aliphatic rings. The van der Waals surface area contributed by atoms with Crippen LogP contribution in [0.15, 0.2) is 11.4 Å². The topological polar surface area (TPSA) is 38.2 Å². The van der Waals surface area contributed by atoms with Gasteiger partial charge in [0.15, 0.2) is 5.82 Å². The molecule has 0 bridgehead atoms. The van der Waals surface area contributed by atoms with Crippen LogP contribution in [0.4, 0.5) is 5.13 Å². The van der Waals surface area contributed by atoms with Crippen LogP contribution in [0, 0.1) is 6.92 Å². The summed E-state index contributed by atoms with van der Waals surface area (Å²) in [6.45, 7) is 4.79. The van der Waals surface area contributed by atoms with E-state index in [2.05, 4.69) is 32.6 Å². The van der Waals surface area contributed by atoms with Crippen molar-refractivity contribution >= 4 is 28.0 Å². The predicted molar refractivity (Wildman–Crippen MR) is 79.2 cm³/mol.